The molecule has 0 saturated heterocycles. The molecule has 63 heavy (non-hydrogen) atoms. The second-order valence-corrected chi connectivity index (χ2v) is 22.0. The van der Waals surface area contributed by atoms with Crippen LogP contribution in [0.25, 0.3) is 43.2 Å². The fourth-order valence-corrected chi connectivity index (χ4v) is 11.4. The summed E-state index contributed by atoms with van der Waals surface area (Å²) in [4.78, 5) is 5.18. The predicted molar refractivity (Wildman–Crippen MR) is 274 cm³/mol. The zero-order chi connectivity index (χ0) is 43.7. The highest BCUT2D eigenvalue weighted by Gasteiger charge is 2.45. The minimum absolute atomic E-state index is 0.0192. The first kappa shape index (κ1) is 39.8. The Kier molecular flexibility index (Phi) is 8.83. The van der Waals surface area contributed by atoms with Gasteiger partial charge >= 0.3 is 0 Å². The summed E-state index contributed by atoms with van der Waals surface area (Å²) in [6.45, 7) is 23.2. The van der Waals surface area contributed by atoms with Gasteiger partial charge in [-0.05, 0) is 134 Å². The molecule has 9 aromatic rings. The Hall–Kier alpha value is -6.04. The Bertz CT molecular complexity index is 3290. The second kappa shape index (κ2) is 14.0. The van der Waals surface area contributed by atoms with Crippen molar-refractivity contribution in [2.75, 3.05) is 9.80 Å². The van der Waals surface area contributed by atoms with Gasteiger partial charge in [-0.1, -0.05) is 136 Å². The lowest BCUT2D eigenvalue weighted by atomic mass is 9.36. The number of nitrogens with zero attached hydrogens (tertiary/aromatic N) is 2. The molecule has 2 aliphatic heterocycles. The predicted octanol–water partition coefficient (Wildman–Crippen LogP) is 15.0. The van der Waals surface area contributed by atoms with Crippen molar-refractivity contribution in [3.8, 4) is 11.1 Å². The summed E-state index contributed by atoms with van der Waals surface area (Å²) in [6, 6.07) is 53.2. The molecule has 5 heteroatoms. The van der Waals surface area contributed by atoms with E-state index in [1.54, 1.807) is 0 Å². The van der Waals surface area contributed by atoms with Gasteiger partial charge in [0.15, 0.2) is 0 Å². The van der Waals surface area contributed by atoms with Gasteiger partial charge in [0.25, 0.3) is 6.71 Å². The molecule has 0 radical (unpaired) electrons. The van der Waals surface area contributed by atoms with Crippen LogP contribution in [0.4, 0.5) is 34.1 Å². The van der Waals surface area contributed by atoms with Crippen LogP contribution in [0, 0.1) is 0 Å². The van der Waals surface area contributed by atoms with E-state index < -0.39 is 0 Å². The highest BCUT2D eigenvalue weighted by molar-refractivity contribution is 7.33. The quantitative estimate of drug-likeness (QED) is 0.165. The van der Waals surface area contributed by atoms with Crippen molar-refractivity contribution in [1.29, 1.82) is 0 Å². The molecule has 0 bridgehead atoms. The molecule has 0 amide bonds. The van der Waals surface area contributed by atoms with Gasteiger partial charge in [-0.25, -0.2) is 0 Å². The van der Waals surface area contributed by atoms with Gasteiger partial charge in [-0.15, -0.1) is 11.3 Å². The fourth-order valence-electron chi connectivity index (χ4n) is 10.1. The molecule has 0 atom stereocenters. The minimum atomic E-state index is -0.0416. The van der Waals surface area contributed by atoms with E-state index in [1.807, 2.05) is 11.3 Å². The van der Waals surface area contributed by atoms with Crippen molar-refractivity contribution >= 4 is 99.9 Å². The number of thiophene rings is 1. The standard InChI is InChI=1S/C58H55BN2OS/c1-11-35-19-27-47-45(31-35)59-53-48(60(40-25-21-37(22-26-40)56(2,3)4)54-44-34-39(58(8,9)10)24-30-52(44)63-55(54)59)16-14-17-49(53)61(47)46-28-23-38(57(5,6)7)33-42(46)36-20-29-51-43(32-36)41-15-12-13-18-50(41)62-51/h12-34H,11H2,1-10H3. The molecule has 11 rings (SSSR count). The smallest absolute Gasteiger partial charge is 0.264 e. The fraction of sp³-hybridized carbons (Fsp3) is 0.241. The number of fused-ring (bicyclic) bond motifs is 9. The number of hydrogen-bond acceptors (Lipinski definition) is 4. The normalized spacial score (nSPS) is 13.8. The van der Waals surface area contributed by atoms with E-state index in [2.05, 4.69) is 219 Å². The van der Waals surface area contributed by atoms with Crippen LogP contribution in [0.1, 0.15) is 91.5 Å². The summed E-state index contributed by atoms with van der Waals surface area (Å²) in [6.07, 6.45) is 0.971. The zero-order valence-corrected chi connectivity index (χ0v) is 39.1. The second-order valence-electron chi connectivity index (χ2n) is 20.9. The third kappa shape index (κ3) is 6.29. The van der Waals surface area contributed by atoms with Crippen LogP contribution < -0.4 is 25.5 Å². The van der Waals surface area contributed by atoms with E-state index in [1.165, 1.54) is 93.3 Å². The SMILES string of the molecule is CCc1ccc2c(c1)B1c3sc4ccc(C(C)(C)C)cc4c3N(c3ccc(C(C)(C)C)cc3)c3cccc(c31)N2c1ccc(C(C)(C)C)cc1-c1ccc2oc3ccccc3c2c1. The summed E-state index contributed by atoms with van der Waals surface area (Å²) in [5.41, 5.74) is 19.7. The molecule has 3 nitrogen and oxygen atoms in total. The third-order valence-corrected chi connectivity index (χ3v) is 14.9. The number of benzene rings is 7. The molecular formula is C58H55BN2OS. The topological polar surface area (TPSA) is 19.6 Å². The zero-order valence-electron chi connectivity index (χ0n) is 38.3. The molecule has 0 saturated carbocycles. The molecule has 4 heterocycles. The molecule has 0 unspecified atom stereocenters. The first-order chi connectivity index (χ1) is 30.1. The van der Waals surface area contributed by atoms with Crippen molar-refractivity contribution in [3.63, 3.8) is 0 Å². The average molecular weight is 839 g/mol. The van der Waals surface area contributed by atoms with Gasteiger partial charge in [-0.2, -0.15) is 0 Å². The van der Waals surface area contributed by atoms with Gasteiger partial charge in [0.2, 0.25) is 0 Å². The number of anilines is 6. The van der Waals surface area contributed by atoms with Gasteiger partial charge in [-0.3, -0.25) is 0 Å². The van der Waals surface area contributed by atoms with Gasteiger partial charge in [0.05, 0.1) is 11.4 Å². The highest BCUT2D eigenvalue weighted by atomic mass is 32.1. The summed E-state index contributed by atoms with van der Waals surface area (Å²) in [5, 5.41) is 3.61. The maximum atomic E-state index is 6.36. The van der Waals surface area contributed by atoms with Crippen molar-refractivity contribution in [3.05, 3.63) is 162 Å². The van der Waals surface area contributed by atoms with Crippen LogP contribution in [0.3, 0.4) is 0 Å². The number of furan rings is 1. The van der Waals surface area contributed by atoms with Crippen LogP contribution in [-0.2, 0) is 22.7 Å². The number of rotatable bonds is 4. The van der Waals surface area contributed by atoms with Crippen LogP contribution in [0.15, 0.2) is 144 Å². The molecule has 0 fully saturated rings. The Morgan fingerprint density at radius 3 is 1.90 bits per heavy atom. The summed E-state index contributed by atoms with van der Waals surface area (Å²) in [7, 11) is 0. The van der Waals surface area contributed by atoms with Crippen LogP contribution in [0.5, 0.6) is 0 Å². The first-order valence-electron chi connectivity index (χ1n) is 22.7. The average Bonchev–Trinajstić information content (AvgIpc) is 3.83. The first-order valence-corrected chi connectivity index (χ1v) is 23.5. The van der Waals surface area contributed by atoms with Crippen LogP contribution in [0.2, 0.25) is 0 Å². The van der Waals surface area contributed by atoms with Crippen molar-refractivity contribution in [2.45, 2.75) is 91.9 Å². The molecule has 312 valence electrons. The molecule has 7 aromatic carbocycles. The Morgan fingerprint density at radius 2 is 1.17 bits per heavy atom. The lowest BCUT2D eigenvalue weighted by Gasteiger charge is -2.43. The lowest BCUT2D eigenvalue weighted by molar-refractivity contribution is 0.590. The largest absolute Gasteiger partial charge is 0.456 e. The molecule has 2 aromatic heterocycles. The van der Waals surface area contributed by atoms with E-state index >= 15 is 0 Å². The molecule has 0 spiro atoms. The maximum Gasteiger partial charge on any atom is 0.264 e. The van der Waals surface area contributed by atoms with E-state index in [4.69, 9.17) is 4.42 Å². The van der Waals surface area contributed by atoms with Crippen molar-refractivity contribution in [1.82, 2.24) is 0 Å². The van der Waals surface area contributed by atoms with Crippen molar-refractivity contribution in [2.24, 2.45) is 0 Å². The molecule has 0 aliphatic carbocycles. The summed E-state index contributed by atoms with van der Waals surface area (Å²) in [5.74, 6) is 0. The number of aryl methyl sites for hydroxylation is 1. The number of para-hydroxylation sites is 1. The molecule has 0 N–H and O–H groups in total. The Morgan fingerprint density at radius 1 is 0.524 bits per heavy atom. The van der Waals surface area contributed by atoms with E-state index in [0.717, 1.165) is 28.4 Å². The van der Waals surface area contributed by atoms with E-state index in [0.29, 0.717) is 0 Å². The maximum absolute atomic E-state index is 6.36. The van der Waals surface area contributed by atoms with E-state index in [-0.39, 0.29) is 23.0 Å². The third-order valence-electron chi connectivity index (χ3n) is 13.7. The van der Waals surface area contributed by atoms with Gasteiger partial charge < -0.3 is 14.2 Å². The van der Waals surface area contributed by atoms with Gasteiger partial charge in [0, 0.05) is 53.9 Å². The van der Waals surface area contributed by atoms with Crippen molar-refractivity contribution < 1.29 is 4.42 Å². The van der Waals surface area contributed by atoms with Crippen LogP contribution >= 0.6 is 11.3 Å². The molecule has 2 aliphatic rings. The lowest BCUT2D eigenvalue weighted by Crippen LogP contribution is -2.60. The van der Waals surface area contributed by atoms with E-state index in [9.17, 15) is 0 Å². The summed E-state index contributed by atoms with van der Waals surface area (Å²) < 4.78 is 9.09. The highest BCUT2D eigenvalue weighted by Crippen LogP contribution is 2.50. The Balaban J connectivity index is 1.21. The monoisotopic (exact) mass is 838 g/mol. The minimum Gasteiger partial charge on any atom is -0.456 e. The summed E-state index contributed by atoms with van der Waals surface area (Å²) >= 11 is 1.98. The molecular weight excluding hydrogens is 784 g/mol. The van der Waals surface area contributed by atoms with Gasteiger partial charge in [0.1, 0.15) is 11.2 Å². The van der Waals surface area contributed by atoms with Crippen LogP contribution in [-0.4, -0.2) is 6.71 Å². The number of hydrogen-bond donors (Lipinski definition) is 0. The Labute approximate surface area is 377 Å².